The van der Waals surface area contributed by atoms with E-state index in [-0.39, 0.29) is 0 Å². The minimum Gasteiger partial charge on any atom is -0.346 e. The van der Waals surface area contributed by atoms with Crippen LogP contribution in [0.1, 0.15) is 17.3 Å². The molecule has 0 aliphatic carbocycles. The van der Waals surface area contributed by atoms with Gasteiger partial charge in [0.2, 0.25) is 0 Å². The third-order valence-electron chi connectivity index (χ3n) is 4.00. The van der Waals surface area contributed by atoms with Gasteiger partial charge in [-0.25, -0.2) is 4.98 Å². The highest BCUT2D eigenvalue weighted by Crippen LogP contribution is 2.31. The highest BCUT2D eigenvalue weighted by Gasteiger charge is 2.30. The van der Waals surface area contributed by atoms with E-state index < -0.39 is 0 Å². The van der Waals surface area contributed by atoms with Crippen LogP contribution >= 0.6 is 0 Å². The second kappa shape index (κ2) is 3.55. The number of pyridine rings is 1. The second-order valence-corrected chi connectivity index (χ2v) is 4.95. The predicted octanol–water partition coefficient (Wildman–Crippen LogP) is 1.07. The van der Waals surface area contributed by atoms with Crippen molar-refractivity contribution < 1.29 is 0 Å². The topological polar surface area (TPSA) is 44.0 Å². The molecule has 0 bridgehead atoms. The van der Waals surface area contributed by atoms with Gasteiger partial charge in [0.25, 0.3) is 0 Å². The smallest absolute Gasteiger partial charge is 0.137 e. The van der Waals surface area contributed by atoms with Gasteiger partial charge in [0.15, 0.2) is 0 Å². The van der Waals surface area contributed by atoms with E-state index in [1.165, 1.54) is 16.6 Å². The van der Waals surface area contributed by atoms with Crippen molar-refractivity contribution >= 4 is 11.0 Å². The summed E-state index contributed by atoms with van der Waals surface area (Å²) in [6.07, 6.45) is 3.06. The van der Waals surface area contributed by atoms with Crippen molar-refractivity contribution in [1.29, 1.82) is 0 Å². The Morgan fingerprint density at radius 1 is 1.35 bits per heavy atom. The molecule has 2 aromatic heterocycles. The van der Waals surface area contributed by atoms with Crippen LogP contribution in [-0.4, -0.2) is 41.0 Å². The first kappa shape index (κ1) is 9.62. The second-order valence-electron chi connectivity index (χ2n) is 4.95. The van der Waals surface area contributed by atoms with Gasteiger partial charge in [0, 0.05) is 55.9 Å². The molecule has 1 fully saturated rings. The number of hydrogen-bond acceptors (Lipinski definition) is 3. The van der Waals surface area contributed by atoms with Gasteiger partial charge >= 0.3 is 0 Å². The maximum absolute atomic E-state index is 4.76. The van der Waals surface area contributed by atoms with Crippen LogP contribution < -0.4 is 5.32 Å². The Morgan fingerprint density at radius 3 is 3.35 bits per heavy atom. The van der Waals surface area contributed by atoms with Crippen LogP contribution in [0, 0.1) is 0 Å². The van der Waals surface area contributed by atoms with Crippen LogP contribution in [0.5, 0.6) is 0 Å². The molecule has 1 atom stereocenters. The number of aromatic amines is 1. The number of rotatable bonds is 0. The Hall–Kier alpha value is -1.39. The quantitative estimate of drug-likeness (QED) is 0.709. The maximum Gasteiger partial charge on any atom is 0.137 e. The van der Waals surface area contributed by atoms with Crippen molar-refractivity contribution in [3.05, 3.63) is 29.6 Å². The summed E-state index contributed by atoms with van der Waals surface area (Å²) in [4.78, 5) is 10.5. The van der Waals surface area contributed by atoms with Crippen molar-refractivity contribution in [3.8, 4) is 0 Å². The van der Waals surface area contributed by atoms with Gasteiger partial charge in [0.05, 0.1) is 0 Å². The van der Waals surface area contributed by atoms with Crippen molar-refractivity contribution in [3.63, 3.8) is 0 Å². The summed E-state index contributed by atoms with van der Waals surface area (Å²) in [5.74, 6) is 0. The molecule has 2 aliphatic rings. The van der Waals surface area contributed by atoms with Crippen LogP contribution in [0.2, 0.25) is 0 Å². The van der Waals surface area contributed by atoms with E-state index in [0.29, 0.717) is 6.04 Å². The van der Waals surface area contributed by atoms with Crippen LogP contribution in [-0.2, 0) is 6.42 Å². The summed E-state index contributed by atoms with van der Waals surface area (Å²) >= 11 is 0. The standard InChI is InChI=1S/C13H16N4/c1-3-15-13-9(1)7-10-11(16-13)2-5-17-6-4-14-8-12(10)17/h1,3,7,12,14H,2,4-6,8H2,(H,15,16). The van der Waals surface area contributed by atoms with Crippen LogP contribution in [0.3, 0.4) is 0 Å². The zero-order valence-electron chi connectivity index (χ0n) is 9.74. The van der Waals surface area contributed by atoms with Gasteiger partial charge in [-0.3, -0.25) is 4.90 Å². The average molecular weight is 228 g/mol. The number of nitrogens with zero attached hydrogens (tertiary/aromatic N) is 2. The zero-order chi connectivity index (χ0) is 11.2. The lowest BCUT2D eigenvalue weighted by molar-refractivity contribution is 0.150. The molecular weight excluding hydrogens is 212 g/mol. The molecule has 4 rings (SSSR count). The maximum atomic E-state index is 4.76. The SMILES string of the molecule is c1cc2cc3c(nc2[nH]1)CCN1CCNCC31. The molecule has 0 amide bonds. The van der Waals surface area contributed by atoms with E-state index >= 15 is 0 Å². The zero-order valence-corrected chi connectivity index (χ0v) is 9.74. The number of fused-ring (bicyclic) bond motifs is 4. The Morgan fingerprint density at radius 2 is 2.35 bits per heavy atom. The minimum atomic E-state index is 0.527. The molecule has 17 heavy (non-hydrogen) atoms. The van der Waals surface area contributed by atoms with E-state index in [1.807, 2.05) is 6.20 Å². The first-order chi connectivity index (χ1) is 8.42. The first-order valence-electron chi connectivity index (χ1n) is 6.33. The normalized spacial score (nSPS) is 24.6. The Balaban J connectivity index is 1.87. The van der Waals surface area contributed by atoms with Gasteiger partial charge < -0.3 is 10.3 Å². The van der Waals surface area contributed by atoms with E-state index in [9.17, 15) is 0 Å². The molecule has 2 N–H and O–H groups in total. The van der Waals surface area contributed by atoms with Crippen LogP contribution in [0.15, 0.2) is 18.3 Å². The van der Waals surface area contributed by atoms with Crippen molar-refractivity contribution in [2.75, 3.05) is 26.2 Å². The summed E-state index contributed by atoms with van der Waals surface area (Å²) < 4.78 is 0. The molecule has 1 saturated heterocycles. The van der Waals surface area contributed by atoms with Crippen molar-refractivity contribution in [2.24, 2.45) is 0 Å². The number of hydrogen-bond donors (Lipinski definition) is 2. The van der Waals surface area contributed by atoms with E-state index in [4.69, 9.17) is 4.98 Å². The number of aromatic nitrogens is 2. The van der Waals surface area contributed by atoms with Crippen molar-refractivity contribution in [2.45, 2.75) is 12.5 Å². The number of nitrogens with one attached hydrogen (secondary N) is 2. The lowest BCUT2D eigenvalue weighted by Crippen LogP contribution is -2.49. The fourth-order valence-corrected chi connectivity index (χ4v) is 3.10. The average Bonchev–Trinajstić information content (AvgIpc) is 2.83. The molecule has 0 radical (unpaired) electrons. The Bertz CT molecular complexity index is 560. The largest absolute Gasteiger partial charge is 0.346 e. The molecule has 1 unspecified atom stereocenters. The van der Waals surface area contributed by atoms with Gasteiger partial charge in [-0.1, -0.05) is 0 Å². The third kappa shape index (κ3) is 1.41. The molecule has 2 aliphatic heterocycles. The van der Waals surface area contributed by atoms with Crippen LogP contribution in [0.25, 0.3) is 11.0 Å². The summed E-state index contributed by atoms with van der Waals surface area (Å²) in [6, 6.07) is 4.95. The Labute approximate surface area is 100 Å². The highest BCUT2D eigenvalue weighted by atomic mass is 15.2. The van der Waals surface area contributed by atoms with Gasteiger partial charge in [-0.15, -0.1) is 0 Å². The summed E-state index contributed by atoms with van der Waals surface area (Å²) in [5, 5.41) is 4.72. The lowest BCUT2D eigenvalue weighted by Gasteiger charge is -2.40. The lowest BCUT2D eigenvalue weighted by atomic mass is 9.94. The number of H-pyrrole nitrogens is 1. The molecule has 4 heterocycles. The number of piperazine rings is 1. The van der Waals surface area contributed by atoms with Gasteiger partial charge in [-0.2, -0.15) is 0 Å². The minimum absolute atomic E-state index is 0.527. The molecule has 88 valence electrons. The fraction of sp³-hybridized carbons (Fsp3) is 0.462. The molecule has 0 aromatic carbocycles. The van der Waals surface area contributed by atoms with Gasteiger partial charge in [-0.05, 0) is 17.7 Å². The molecular formula is C13H16N4. The predicted molar refractivity (Wildman–Crippen MR) is 67.0 cm³/mol. The molecule has 0 spiro atoms. The summed E-state index contributed by atoms with van der Waals surface area (Å²) in [5.41, 5.74) is 3.74. The molecule has 4 nitrogen and oxygen atoms in total. The molecule has 4 heteroatoms. The summed E-state index contributed by atoms with van der Waals surface area (Å²) in [6.45, 7) is 4.49. The van der Waals surface area contributed by atoms with E-state index in [1.54, 1.807) is 0 Å². The van der Waals surface area contributed by atoms with E-state index in [0.717, 1.165) is 38.2 Å². The van der Waals surface area contributed by atoms with Crippen LogP contribution in [0.4, 0.5) is 0 Å². The monoisotopic (exact) mass is 228 g/mol. The first-order valence-corrected chi connectivity index (χ1v) is 6.33. The highest BCUT2D eigenvalue weighted by molar-refractivity contribution is 5.76. The third-order valence-corrected chi connectivity index (χ3v) is 4.00. The molecule has 2 aromatic rings. The van der Waals surface area contributed by atoms with E-state index in [2.05, 4.69) is 27.3 Å². The fourth-order valence-electron chi connectivity index (χ4n) is 3.10. The summed E-state index contributed by atoms with van der Waals surface area (Å²) in [7, 11) is 0. The molecule has 0 saturated carbocycles. The Kier molecular flexibility index (Phi) is 2.01. The van der Waals surface area contributed by atoms with Gasteiger partial charge in [0.1, 0.15) is 5.65 Å². The van der Waals surface area contributed by atoms with Crippen molar-refractivity contribution in [1.82, 2.24) is 20.2 Å².